The van der Waals surface area contributed by atoms with Gasteiger partial charge < -0.3 is 14.6 Å². The first kappa shape index (κ1) is 20.3. The Morgan fingerprint density at radius 3 is 2.48 bits per heavy atom. The molecule has 0 heterocycles. The molecule has 0 aliphatic carbocycles. The van der Waals surface area contributed by atoms with Crippen LogP contribution < -0.4 is 14.9 Å². The minimum absolute atomic E-state index is 0.0592. The minimum Gasteiger partial charge on any atom is -0.504 e. The summed E-state index contributed by atoms with van der Waals surface area (Å²) in [6, 6.07) is 12.5. The number of benzene rings is 2. The number of nitrogens with zero attached hydrogens (tertiary/aromatic N) is 1. The van der Waals surface area contributed by atoms with E-state index in [0.717, 1.165) is 0 Å². The molecule has 1 amide bonds. The number of phenolic OH excluding ortho intramolecular Hbond substituents is 1. The second-order valence-corrected chi connectivity index (χ2v) is 7.02. The molecular weight excluding hydrogens is 344 g/mol. The molecule has 0 saturated heterocycles. The van der Waals surface area contributed by atoms with Crippen LogP contribution in [0.3, 0.4) is 0 Å². The Morgan fingerprint density at radius 1 is 1.15 bits per heavy atom. The van der Waals surface area contributed by atoms with Gasteiger partial charge in [0.15, 0.2) is 18.1 Å². The van der Waals surface area contributed by atoms with Gasteiger partial charge in [-0.2, -0.15) is 5.10 Å². The highest BCUT2D eigenvalue weighted by molar-refractivity contribution is 5.83. The Balaban J connectivity index is 1.84. The van der Waals surface area contributed by atoms with Crippen LogP contribution in [0.15, 0.2) is 47.6 Å². The number of rotatable bonds is 7. The molecule has 6 heteroatoms. The largest absolute Gasteiger partial charge is 0.504 e. The number of nitrogens with one attached hydrogen (secondary N) is 1. The van der Waals surface area contributed by atoms with Gasteiger partial charge in [0.05, 0.1) is 12.8 Å². The number of phenols is 1. The van der Waals surface area contributed by atoms with Gasteiger partial charge >= 0.3 is 0 Å². The first-order chi connectivity index (χ1) is 12.8. The molecule has 0 fully saturated rings. The third-order valence-corrected chi connectivity index (χ3v) is 3.78. The Bertz CT molecular complexity index is 793. The van der Waals surface area contributed by atoms with Gasteiger partial charge in [-0.3, -0.25) is 4.79 Å². The van der Waals surface area contributed by atoms with Gasteiger partial charge in [-0.05, 0) is 53.8 Å². The van der Waals surface area contributed by atoms with Crippen molar-refractivity contribution in [2.45, 2.75) is 33.1 Å². The summed E-state index contributed by atoms with van der Waals surface area (Å²) >= 11 is 0. The summed E-state index contributed by atoms with van der Waals surface area (Å²) in [6.45, 7) is 8.56. The van der Waals surface area contributed by atoms with E-state index in [0.29, 0.717) is 23.7 Å². The summed E-state index contributed by atoms with van der Waals surface area (Å²) in [6.07, 6.45) is 1.47. The van der Waals surface area contributed by atoms with E-state index in [2.05, 4.69) is 31.3 Å². The van der Waals surface area contributed by atoms with Crippen molar-refractivity contribution in [3.05, 3.63) is 53.6 Å². The molecule has 6 nitrogen and oxygen atoms in total. The van der Waals surface area contributed by atoms with E-state index in [1.165, 1.54) is 17.8 Å². The molecule has 27 heavy (non-hydrogen) atoms. The fourth-order valence-electron chi connectivity index (χ4n) is 2.29. The topological polar surface area (TPSA) is 80.2 Å². The van der Waals surface area contributed by atoms with Crippen LogP contribution in [0.2, 0.25) is 0 Å². The molecule has 0 aliphatic rings. The van der Waals surface area contributed by atoms with Crippen molar-refractivity contribution in [3.63, 3.8) is 0 Å². The Kier molecular flexibility index (Phi) is 6.82. The minimum atomic E-state index is -0.366. The van der Waals surface area contributed by atoms with Crippen LogP contribution in [0, 0.1) is 0 Å². The van der Waals surface area contributed by atoms with Gasteiger partial charge in [0.25, 0.3) is 5.91 Å². The number of carbonyl (C=O) groups is 1. The van der Waals surface area contributed by atoms with Crippen molar-refractivity contribution in [1.29, 1.82) is 0 Å². The van der Waals surface area contributed by atoms with Gasteiger partial charge in [0.1, 0.15) is 5.75 Å². The third-order valence-electron chi connectivity index (χ3n) is 3.78. The maximum absolute atomic E-state index is 11.8. The highest BCUT2D eigenvalue weighted by Crippen LogP contribution is 2.26. The smallest absolute Gasteiger partial charge is 0.277 e. The number of amides is 1. The normalized spacial score (nSPS) is 11.4. The molecule has 0 radical (unpaired) electrons. The molecule has 2 aromatic carbocycles. The molecule has 0 spiro atoms. The summed E-state index contributed by atoms with van der Waals surface area (Å²) in [5.74, 6) is 0.690. The van der Waals surface area contributed by atoms with Gasteiger partial charge in [-0.1, -0.05) is 32.9 Å². The van der Waals surface area contributed by atoms with Gasteiger partial charge in [0.2, 0.25) is 0 Å². The molecule has 2 N–H and O–H groups in total. The third kappa shape index (κ3) is 6.33. The molecule has 0 bridgehead atoms. The number of hydrogen-bond acceptors (Lipinski definition) is 5. The van der Waals surface area contributed by atoms with Crippen molar-refractivity contribution in [1.82, 2.24) is 5.43 Å². The highest BCUT2D eigenvalue weighted by Gasteiger charge is 2.13. The SMILES string of the molecule is CCOc1cc(/C=N\NC(=O)COc2ccc(C(C)(C)C)cc2)ccc1O. The molecule has 0 unspecified atom stereocenters. The summed E-state index contributed by atoms with van der Waals surface area (Å²) < 4.78 is 10.8. The molecular formula is C21H26N2O4. The zero-order valence-electron chi connectivity index (χ0n) is 16.2. The van der Waals surface area contributed by atoms with E-state index in [9.17, 15) is 9.90 Å². The molecule has 0 aliphatic heterocycles. The van der Waals surface area contributed by atoms with Crippen molar-refractivity contribution < 1.29 is 19.4 Å². The number of ether oxygens (including phenoxy) is 2. The first-order valence-corrected chi connectivity index (χ1v) is 8.80. The monoisotopic (exact) mass is 370 g/mol. The molecule has 0 aromatic heterocycles. The lowest BCUT2D eigenvalue weighted by Gasteiger charge is -2.19. The Hall–Kier alpha value is -3.02. The second kappa shape index (κ2) is 9.07. The molecule has 0 saturated carbocycles. The van der Waals surface area contributed by atoms with Gasteiger partial charge in [-0.15, -0.1) is 0 Å². The van der Waals surface area contributed by atoms with Crippen LogP contribution >= 0.6 is 0 Å². The highest BCUT2D eigenvalue weighted by atomic mass is 16.5. The second-order valence-electron chi connectivity index (χ2n) is 7.02. The summed E-state index contributed by atoms with van der Waals surface area (Å²) in [5.41, 5.74) is 4.36. The lowest BCUT2D eigenvalue weighted by molar-refractivity contribution is -0.123. The number of hydrogen-bond donors (Lipinski definition) is 2. The van der Waals surface area contributed by atoms with E-state index in [-0.39, 0.29) is 23.7 Å². The standard InChI is InChI=1S/C21H26N2O4/c1-5-26-19-12-15(6-11-18(19)24)13-22-23-20(25)14-27-17-9-7-16(8-10-17)21(2,3)4/h6-13,24H,5,14H2,1-4H3,(H,23,25)/b22-13-. The van der Waals surface area contributed by atoms with E-state index in [1.54, 1.807) is 12.1 Å². The van der Waals surface area contributed by atoms with Gasteiger partial charge in [0, 0.05) is 0 Å². The van der Waals surface area contributed by atoms with E-state index in [1.807, 2.05) is 31.2 Å². The lowest BCUT2D eigenvalue weighted by Crippen LogP contribution is -2.24. The van der Waals surface area contributed by atoms with Crippen molar-refractivity contribution >= 4 is 12.1 Å². The zero-order valence-corrected chi connectivity index (χ0v) is 16.2. The van der Waals surface area contributed by atoms with Crippen LogP contribution in [-0.2, 0) is 10.2 Å². The van der Waals surface area contributed by atoms with E-state index in [4.69, 9.17) is 9.47 Å². The average Bonchev–Trinajstić information content (AvgIpc) is 2.62. The first-order valence-electron chi connectivity index (χ1n) is 8.80. The molecule has 144 valence electrons. The Morgan fingerprint density at radius 2 is 1.85 bits per heavy atom. The quantitative estimate of drug-likeness (QED) is 0.576. The fraction of sp³-hybridized carbons (Fsp3) is 0.333. The number of carbonyl (C=O) groups excluding carboxylic acids is 1. The molecule has 2 rings (SSSR count). The number of aromatic hydroxyl groups is 1. The predicted octanol–water partition coefficient (Wildman–Crippen LogP) is 3.62. The maximum Gasteiger partial charge on any atom is 0.277 e. The van der Waals surface area contributed by atoms with Crippen LogP contribution in [0.1, 0.15) is 38.8 Å². The zero-order chi connectivity index (χ0) is 19.9. The van der Waals surface area contributed by atoms with Crippen LogP contribution in [0.4, 0.5) is 0 Å². The molecule has 0 atom stereocenters. The maximum atomic E-state index is 11.8. The van der Waals surface area contributed by atoms with E-state index < -0.39 is 0 Å². The van der Waals surface area contributed by atoms with E-state index >= 15 is 0 Å². The van der Waals surface area contributed by atoms with Crippen molar-refractivity contribution in [2.24, 2.45) is 5.10 Å². The van der Waals surface area contributed by atoms with Crippen LogP contribution in [0.5, 0.6) is 17.2 Å². The van der Waals surface area contributed by atoms with Crippen molar-refractivity contribution in [3.8, 4) is 17.2 Å². The molecule has 2 aromatic rings. The number of hydrazone groups is 1. The summed E-state index contributed by atoms with van der Waals surface area (Å²) in [5, 5.41) is 13.6. The summed E-state index contributed by atoms with van der Waals surface area (Å²) in [4.78, 5) is 11.8. The van der Waals surface area contributed by atoms with Crippen LogP contribution in [0.25, 0.3) is 0 Å². The van der Waals surface area contributed by atoms with Crippen LogP contribution in [-0.4, -0.2) is 30.4 Å². The predicted molar refractivity (Wildman–Crippen MR) is 106 cm³/mol. The van der Waals surface area contributed by atoms with Gasteiger partial charge in [-0.25, -0.2) is 5.43 Å². The van der Waals surface area contributed by atoms with Crippen molar-refractivity contribution in [2.75, 3.05) is 13.2 Å². The summed E-state index contributed by atoms with van der Waals surface area (Å²) in [7, 11) is 0. The Labute approximate surface area is 159 Å². The average molecular weight is 370 g/mol. The lowest BCUT2D eigenvalue weighted by atomic mass is 9.87. The fourth-order valence-corrected chi connectivity index (χ4v) is 2.29.